The number of pyridine rings is 1. The molecule has 1 aromatic heterocycles. The van der Waals surface area contributed by atoms with Crippen LogP contribution in [-0.2, 0) is 4.74 Å². The fourth-order valence-corrected chi connectivity index (χ4v) is 4.07. The van der Waals surface area contributed by atoms with Gasteiger partial charge in [0.25, 0.3) is 0 Å². The molecular formula is C25H28N2O2. The first-order valence-electron chi connectivity index (χ1n) is 10.3. The molecule has 4 nitrogen and oxygen atoms in total. The molecule has 1 aliphatic heterocycles. The van der Waals surface area contributed by atoms with E-state index in [-0.39, 0.29) is 12.1 Å². The molecule has 1 saturated heterocycles. The molecule has 150 valence electrons. The molecule has 2 aromatic carbocycles. The second-order valence-corrected chi connectivity index (χ2v) is 8.77. The third-order valence-electron chi connectivity index (χ3n) is 5.36. The van der Waals surface area contributed by atoms with Crippen LogP contribution in [0.25, 0.3) is 22.2 Å². The molecule has 0 saturated carbocycles. The molecule has 1 unspecified atom stereocenters. The van der Waals surface area contributed by atoms with Gasteiger partial charge in [-0.15, -0.1) is 0 Å². The zero-order chi connectivity index (χ0) is 20.6. The summed E-state index contributed by atoms with van der Waals surface area (Å²) in [5.74, 6) is 0. The maximum absolute atomic E-state index is 12.9. The monoisotopic (exact) mass is 388 g/mol. The molecule has 0 spiro atoms. The van der Waals surface area contributed by atoms with Gasteiger partial charge in [-0.05, 0) is 52.2 Å². The van der Waals surface area contributed by atoms with Crippen molar-refractivity contribution in [1.29, 1.82) is 0 Å². The fourth-order valence-electron chi connectivity index (χ4n) is 4.07. The third kappa shape index (κ3) is 3.98. The minimum atomic E-state index is -0.509. The maximum atomic E-state index is 12.9. The highest BCUT2D eigenvalue weighted by Gasteiger charge is 2.35. The van der Waals surface area contributed by atoms with Gasteiger partial charge < -0.3 is 9.64 Å². The average Bonchev–Trinajstić information content (AvgIpc) is 3.17. The van der Waals surface area contributed by atoms with Crippen molar-refractivity contribution in [3.8, 4) is 11.3 Å². The maximum Gasteiger partial charge on any atom is 0.410 e. The molecule has 4 rings (SSSR count). The van der Waals surface area contributed by atoms with Crippen molar-refractivity contribution in [3.05, 3.63) is 65.7 Å². The summed E-state index contributed by atoms with van der Waals surface area (Å²) in [6, 6.07) is 18.7. The Hall–Kier alpha value is -2.88. The van der Waals surface area contributed by atoms with Gasteiger partial charge in [0, 0.05) is 23.1 Å². The highest BCUT2D eigenvalue weighted by molar-refractivity contribution is 5.86. The normalized spacial score (nSPS) is 17.0. The van der Waals surface area contributed by atoms with Crippen molar-refractivity contribution in [2.24, 2.45) is 0 Å². The van der Waals surface area contributed by atoms with Gasteiger partial charge in [0.2, 0.25) is 0 Å². The average molecular weight is 389 g/mol. The molecule has 0 bridgehead atoms. The van der Waals surface area contributed by atoms with Crippen LogP contribution in [0.1, 0.15) is 50.8 Å². The van der Waals surface area contributed by atoms with E-state index in [1.807, 2.05) is 43.9 Å². The van der Waals surface area contributed by atoms with Gasteiger partial charge in [-0.2, -0.15) is 0 Å². The summed E-state index contributed by atoms with van der Waals surface area (Å²) in [4.78, 5) is 19.8. The first kappa shape index (κ1) is 19.4. The summed E-state index contributed by atoms with van der Waals surface area (Å²) in [5, 5.41) is 1.11. The van der Waals surface area contributed by atoms with Crippen molar-refractivity contribution in [2.45, 2.75) is 52.2 Å². The molecule has 4 heteroatoms. The number of aryl methyl sites for hydroxylation is 1. The van der Waals surface area contributed by atoms with Crippen molar-refractivity contribution < 1.29 is 9.53 Å². The van der Waals surface area contributed by atoms with Crippen molar-refractivity contribution >= 4 is 17.0 Å². The van der Waals surface area contributed by atoms with E-state index < -0.39 is 5.60 Å². The van der Waals surface area contributed by atoms with E-state index in [1.165, 1.54) is 0 Å². The summed E-state index contributed by atoms with van der Waals surface area (Å²) in [5.41, 5.74) is 4.78. The van der Waals surface area contributed by atoms with Crippen LogP contribution in [0, 0.1) is 6.92 Å². The van der Waals surface area contributed by atoms with Crippen LogP contribution in [0.2, 0.25) is 0 Å². The number of amides is 1. The minimum Gasteiger partial charge on any atom is -0.444 e. The Morgan fingerprint density at radius 1 is 1.10 bits per heavy atom. The van der Waals surface area contributed by atoms with Crippen molar-refractivity contribution in [1.82, 2.24) is 9.88 Å². The van der Waals surface area contributed by atoms with Gasteiger partial charge in [-0.25, -0.2) is 9.78 Å². The van der Waals surface area contributed by atoms with Crippen molar-refractivity contribution in [2.75, 3.05) is 6.54 Å². The Labute approximate surface area is 172 Å². The van der Waals surface area contributed by atoms with Gasteiger partial charge in [0.15, 0.2) is 0 Å². The van der Waals surface area contributed by atoms with Gasteiger partial charge >= 0.3 is 6.09 Å². The smallest absolute Gasteiger partial charge is 0.410 e. The lowest BCUT2D eigenvalue weighted by Gasteiger charge is -2.30. The molecule has 0 aliphatic carbocycles. The minimum absolute atomic E-state index is 0.0301. The van der Waals surface area contributed by atoms with E-state index in [4.69, 9.17) is 9.72 Å². The predicted molar refractivity (Wildman–Crippen MR) is 117 cm³/mol. The van der Waals surface area contributed by atoms with Crippen molar-refractivity contribution in [3.63, 3.8) is 0 Å². The quantitative estimate of drug-likeness (QED) is 0.519. The molecule has 0 radical (unpaired) electrons. The topological polar surface area (TPSA) is 42.4 Å². The summed E-state index contributed by atoms with van der Waals surface area (Å²) >= 11 is 0. The van der Waals surface area contributed by atoms with Crippen LogP contribution in [0.5, 0.6) is 0 Å². The summed E-state index contributed by atoms with van der Waals surface area (Å²) in [6.07, 6.45) is 1.63. The lowest BCUT2D eigenvalue weighted by atomic mass is 9.95. The number of carbonyl (C=O) groups is 1. The number of ether oxygens (including phenoxy) is 1. The standard InChI is InChI=1S/C25H28N2O2/c1-17-10-8-13-19-16-20(23(26-22(17)19)18-11-6-5-7-12-18)21-14-9-15-27(21)24(28)29-25(2,3)4/h5-8,10-13,16,21H,9,14-15H2,1-4H3. The number of para-hydroxylation sites is 1. The largest absolute Gasteiger partial charge is 0.444 e. The molecule has 2 heterocycles. The van der Waals surface area contributed by atoms with Gasteiger partial charge in [0.05, 0.1) is 17.3 Å². The highest BCUT2D eigenvalue weighted by Crippen LogP contribution is 2.39. The summed E-state index contributed by atoms with van der Waals surface area (Å²) in [6.45, 7) is 8.52. The van der Waals surface area contributed by atoms with Crippen LogP contribution in [-0.4, -0.2) is 28.1 Å². The second-order valence-electron chi connectivity index (χ2n) is 8.77. The Morgan fingerprint density at radius 2 is 1.86 bits per heavy atom. The SMILES string of the molecule is Cc1cccc2cc(C3CCCN3C(=O)OC(C)(C)C)c(-c3ccccc3)nc12. The summed E-state index contributed by atoms with van der Waals surface area (Å²) in [7, 11) is 0. The van der Waals surface area contributed by atoms with Crippen LogP contribution in [0.15, 0.2) is 54.6 Å². The van der Waals surface area contributed by atoms with Crippen LogP contribution in [0.4, 0.5) is 4.79 Å². The van der Waals surface area contributed by atoms with Crippen LogP contribution < -0.4 is 0 Å². The predicted octanol–water partition coefficient (Wildman–Crippen LogP) is 6.28. The number of benzene rings is 2. The fraction of sp³-hybridized carbons (Fsp3) is 0.360. The lowest BCUT2D eigenvalue weighted by molar-refractivity contribution is 0.0225. The Kier molecular flexibility index (Phi) is 5.03. The van der Waals surface area contributed by atoms with E-state index in [9.17, 15) is 4.79 Å². The zero-order valence-electron chi connectivity index (χ0n) is 17.6. The third-order valence-corrected chi connectivity index (χ3v) is 5.36. The number of likely N-dealkylation sites (tertiary alicyclic amines) is 1. The molecule has 1 atom stereocenters. The van der Waals surface area contributed by atoms with Crippen LogP contribution in [0.3, 0.4) is 0 Å². The van der Waals surface area contributed by atoms with Gasteiger partial charge in [-0.1, -0.05) is 48.5 Å². The molecule has 0 N–H and O–H groups in total. The van der Waals surface area contributed by atoms with E-state index in [0.717, 1.165) is 46.1 Å². The first-order valence-corrected chi connectivity index (χ1v) is 10.3. The van der Waals surface area contributed by atoms with E-state index in [2.05, 4.69) is 43.3 Å². The van der Waals surface area contributed by atoms with Gasteiger partial charge in [0.1, 0.15) is 5.60 Å². The Bertz CT molecular complexity index is 1040. The number of aromatic nitrogens is 1. The first-order chi connectivity index (χ1) is 13.8. The number of rotatable bonds is 2. The van der Waals surface area contributed by atoms with E-state index >= 15 is 0 Å². The molecule has 1 fully saturated rings. The van der Waals surface area contributed by atoms with E-state index in [1.54, 1.807) is 0 Å². The molecule has 1 amide bonds. The van der Waals surface area contributed by atoms with Gasteiger partial charge in [-0.3, -0.25) is 0 Å². The number of nitrogens with zero attached hydrogens (tertiary/aromatic N) is 2. The molecule has 29 heavy (non-hydrogen) atoms. The number of hydrogen-bond acceptors (Lipinski definition) is 3. The Morgan fingerprint density at radius 3 is 2.59 bits per heavy atom. The number of fused-ring (bicyclic) bond motifs is 1. The lowest BCUT2D eigenvalue weighted by Crippen LogP contribution is -2.36. The Balaban J connectivity index is 1.84. The zero-order valence-corrected chi connectivity index (χ0v) is 17.6. The molecule has 1 aliphatic rings. The summed E-state index contributed by atoms with van der Waals surface area (Å²) < 4.78 is 5.69. The van der Waals surface area contributed by atoms with Crippen LogP contribution >= 0.6 is 0 Å². The number of carbonyl (C=O) groups excluding carboxylic acids is 1. The van der Waals surface area contributed by atoms with E-state index in [0.29, 0.717) is 6.54 Å². The number of hydrogen-bond donors (Lipinski definition) is 0. The molecule has 3 aromatic rings. The highest BCUT2D eigenvalue weighted by atomic mass is 16.6. The second kappa shape index (κ2) is 7.51. The molecular weight excluding hydrogens is 360 g/mol.